The van der Waals surface area contributed by atoms with Crippen LogP contribution in [0.15, 0.2) is 12.4 Å². The summed E-state index contributed by atoms with van der Waals surface area (Å²) in [5.41, 5.74) is 7.22. The van der Waals surface area contributed by atoms with Crippen molar-refractivity contribution >= 4 is 17.3 Å². The van der Waals surface area contributed by atoms with Crippen molar-refractivity contribution in [1.29, 1.82) is 0 Å². The molecule has 3 N–H and O–H groups in total. The van der Waals surface area contributed by atoms with E-state index in [4.69, 9.17) is 10.8 Å². The zero-order valence-corrected chi connectivity index (χ0v) is 9.01. The molecular weight excluding hydrogens is 208 g/mol. The van der Waals surface area contributed by atoms with Gasteiger partial charge in [0, 0.05) is 5.56 Å². The van der Waals surface area contributed by atoms with Crippen LogP contribution in [0.2, 0.25) is 0 Å². The van der Waals surface area contributed by atoms with Crippen LogP contribution in [0.25, 0.3) is 5.65 Å². The fourth-order valence-corrected chi connectivity index (χ4v) is 1.66. The van der Waals surface area contributed by atoms with Crippen LogP contribution in [0, 0.1) is 0 Å². The molecule has 16 heavy (non-hydrogen) atoms. The van der Waals surface area contributed by atoms with Gasteiger partial charge in [0.05, 0.1) is 18.1 Å². The maximum atomic E-state index is 11.0. The van der Waals surface area contributed by atoms with Gasteiger partial charge in [-0.1, -0.05) is 13.8 Å². The van der Waals surface area contributed by atoms with Crippen molar-refractivity contribution in [2.24, 2.45) is 0 Å². The van der Waals surface area contributed by atoms with Gasteiger partial charge in [0.15, 0.2) is 11.3 Å². The molecule has 0 saturated carbocycles. The third-order valence-corrected chi connectivity index (χ3v) is 2.31. The van der Waals surface area contributed by atoms with Crippen LogP contribution in [0.5, 0.6) is 0 Å². The molecule has 0 radical (unpaired) electrons. The number of nitrogens with zero attached hydrogens (tertiary/aromatic N) is 3. The second-order valence-corrected chi connectivity index (χ2v) is 3.88. The molecule has 0 aliphatic heterocycles. The lowest BCUT2D eigenvalue weighted by molar-refractivity contribution is 0.0688. The average Bonchev–Trinajstić information content (AvgIpc) is 2.55. The van der Waals surface area contributed by atoms with Gasteiger partial charge >= 0.3 is 5.97 Å². The van der Waals surface area contributed by atoms with Gasteiger partial charge in [-0.05, 0) is 5.92 Å². The van der Waals surface area contributed by atoms with E-state index in [0.29, 0.717) is 16.9 Å². The molecule has 2 rings (SSSR count). The predicted molar refractivity (Wildman–Crippen MR) is 58.4 cm³/mol. The number of fused-ring (bicyclic) bond motifs is 1. The molecule has 0 amide bonds. The zero-order chi connectivity index (χ0) is 11.9. The third-order valence-electron chi connectivity index (χ3n) is 2.31. The normalized spacial score (nSPS) is 11.2. The van der Waals surface area contributed by atoms with Crippen molar-refractivity contribution in [3.63, 3.8) is 0 Å². The van der Waals surface area contributed by atoms with E-state index in [1.165, 1.54) is 10.7 Å². The number of rotatable bonds is 2. The van der Waals surface area contributed by atoms with E-state index in [0.717, 1.165) is 0 Å². The van der Waals surface area contributed by atoms with Gasteiger partial charge in [0.25, 0.3) is 0 Å². The molecule has 0 fully saturated rings. The summed E-state index contributed by atoms with van der Waals surface area (Å²) in [6.45, 7) is 3.81. The van der Waals surface area contributed by atoms with Crippen molar-refractivity contribution in [1.82, 2.24) is 14.6 Å². The number of aromatic carboxylic acids is 1. The Morgan fingerprint density at radius 1 is 1.56 bits per heavy atom. The Bertz CT molecular complexity index is 559. The Morgan fingerprint density at radius 2 is 2.25 bits per heavy atom. The molecule has 2 heterocycles. The molecule has 0 spiro atoms. The Balaban J connectivity index is 2.81. The number of anilines is 1. The molecule has 84 valence electrons. The number of hydrogen-bond acceptors (Lipinski definition) is 4. The summed E-state index contributed by atoms with van der Waals surface area (Å²) in [7, 11) is 0. The first-order chi connectivity index (χ1) is 7.50. The van der Waals surface area contributed by atoms with Crippen LogP contribution in [-0.2, 0) is 0 Å². The lowest BCUT2D eigenvalue weighted by atomic mass is 10.0. The van der Waals surface area contributed by atoms with Gasteiger partial charge in [-0.25, -0.2) is 14.3 Å². The van der Waals surface area contributed by atoms with Gasteiger partial charge in [-0.15, -0.1) is 0 Å². The van der Waals surface area contributed by atoms with E-state index >= 15 is 0 Å². The number of nitrogen functional groups attached to an aromatic ring is 1. The molecule has 0 bridgehead atoms. The topological polar surface area (TPSA) is 93.5 Å². The zero-order valence-electron chi connectivity index (χ0n) is 9.01. The summed E-state index contributed by atoms with van der Waals surface area (Å²) in [5.74, 6) is -1.01. The van der Waals surface area contributed by atoms with E-state index in [1.54, 1.807) is 6.20 Å². The summed E-state index contributed by atoms with van der Waals surface area (Å²) >= 11 is 0. The van der Waals surface area contributed by atoms with E-state index in [2.05, 4.69) is 10.1 Å². The molecule has 6 nitrogen and oxygen atoms in total. The van der Waals surface area contributed by atoms with Gasteiger partial charge in [0.2, 0.25) is 0 Å². The number of carbonyl (C=O) groups is 1. The van der Waals surface area contributed by atoms with Gasteiger partial charge in [-0.2, -0.15) is 5.10 Å². The largest absolute Gasteiger partial charge is 0.476 e. The molecule has 0 unspecified atom stereocenters. The summed E-state index contributed by atoms with van der Waals surface area (Å²) in [6.07, 6.45) is 3.05. The standard InChI is InChI=1S/C10H12N4O2/c1-5(2)7-8(10(15)16)13-14-4-6(11)3-12-9(7)14/h3-5H,11H2,1-2H3,(H,15,16). The van der Waals surface area contributed by atoms with E-state index in [1.807, 2.05) is 13.8 Å². The first kappa shape index (κ1) is 10.4. The van der Waals surface area contributed by atoms with E-state index in [9.17, 15) is 4.79 Å². The van der Waals surface area contributed by atoms with Crippen molar-refractivity contribution in [3.8, 4) is 0 Å². The fourth-order valence-electron chi connectivity index (χ4n) is 1.66. The Hall–Kier alpha value is -2.11. The molecular formula is C10H12N4O2. The number of carboxylic acids is 1. The van der Waals surface area contributed by atoms with Crippen LogP contribution >= 0.6 is 0 Å². The minimum Gasteiger partial charge on any atom is -0.476 e. The highest BCUT2D eigenvalue weighted by atomic mass is 16.4. The molecule has 0 aromatic carbocycles. The number of aromatic nitrogens is 3. The van der Waals surface area contributed by atoms with Gasteiger partial charge in [0.1, 0.15) is 0 Å². The van der Waals surface area contributed by atoms with Crippen LogP contribution in [0.3, 0.4) is 0 Å². The number of hydrogen-bond donors (Lipinski definition) is 2. The molecule has 2 aromatic heterocycles. The van der Waals surface area contributed by atoms with Crippen molar-refractivity contribution in [2.75, 3.05) is 5.73 Å². The minimum atomic E-state index is -1.05. The monoisotopic (exact) mass is 220 g/mol. The number of carboxylic acid groups (broad SMARTS) is 1. The Kier molecular flexibility index (Phi) is 2.26. The first-order valence-electron chi connectivity index (χ1n) is 4.87. The number of nitrogens with two attached hydrogens (primary N) is 1. The molecule has 0 aliphatic carbocycles. The third kappa shape index (κ3) is 1.48. The van der Waals surface area contributed by atoms with Gasteiger partial charge < -0.3 is 10.8 Å². The maximum absolute atomic E-state index is 11.0. The van der Waals surface area contributed by atoms with Crippen LogP contribution in [-0.4, -0.2) is 25.7 Å². The highest BCUT2D eigenvalue weighted by Gasteiger charge is 2.21. The SMILES string of the molecule is CC(C)c1c(C(=O)O)nn2cc(N)cnc12. The second kappa shape index (κ2) is 3.48. The highest BCUT2D eigenvalue weighted by Crippen LogP contribution is 2.23. The Labute approximate surface area is 91.7 Å². The van der Waals surface area contributed by atoms with Crippen molar-refractivity contribution < 1.29 is 9.90 Å². The first-order valence-corrected chi connectivity index (χ1v) is 4.87. The molecule has 2 aromatic rings. The quantitative estimate of drug-likeness (QED) is 0.791. The lowest BCUT2D eigenvalue weighted by Gasteiger charge is -2.02. The molecule has 0 saturated heterocycles. The van der Waals surface area contributed by atoms with Crippen molar-refractivity contribution in [3.05, 3.63) is 23.7 Å². The summed E-state index contributed by atoms with van der Waals surface area (Å²) < 4.78 is 1.41. The fraction of sp³-hybridized carbons (Fsp3) is 0.300. The lowest BCUT2D eigenvalue weighted by Crippen LogP contribution is -2.02. The van der Waals surface area contributed by atoms with Crippen molar-refractivity contribution in [2.45, 2.75) is 19.8 Å². The summed E-state index contributed by atoms with van der Waals surface area (Å²) in [5, 5.41) is 13.0. The second-order valence-electron chi connectivity index (χ2n) is 3.88. The van der Waals surface area contributed by atoms with Crippen LogP contribution in [0.1, 0.15) is 35.8 Å². The molecule has 0 aliphatic rings. The van der Waals surface area contributed by atoms with Crippen LogP contribution in [0.4, 0.5) is 5.69 Å². The van der Waals surface area contributed by atoms with E-state index in [-0.39, 0.29) is 11.6 Å². The average molecular weight is 220 g/mol. The van der Waals surface area contributed by atoms with E-state index < -0.39 is 5.97 Å². The maximum Gasteiger partial charge on any atom is 0.356 e. The minimum absolute atomic E-state index is 0.0353. The van der Waals surface area contributed by atoms with Crippen LogP contribution < -0.4 is 5.73 Å². The smallest absolute Gasteiger partial charge is 0.356 e. The summed E-state index contributed by atoms with van der Waals surface area (Å²) in [6, 6.07) is 0. The molecule has 0 atom stereocenters. The molecule has 6 heteroatoms. The summed E-state index contributed by atoms with van der Waals surface area (Å²) in [4.78, 5) is 15.2. The Morgan fingerprint density at radius 3 is 2.81 bits per heavy atom. The van der Waals surface area contributed by atoms with Gasteiger partial charge in [-0.3, -0.25) is 0 Å². The highest BCUT2D eigenvalue weighted by molar-refractivity contribution is 5.89. The predicted octanol–water partition coefficient (Wildman–Crippen LogP) is 1.13.